The van der Waals surface area contributed by atoms with Crippen molar-refractivity contribution in [3.05, 3.63) is 0 Å². The summed E-state index contributed by atoms with van der Waals surface area (Å²) in [5.74, 6) is 0.366. The molecule has 2 nitrogen and oxygen atoms in total. The molecule has 0 amide bonds. The van der Waals surface area contributed by atoms with E-state index in [2.05, 4.69) is 0 Å². The first-order valence-electron chi connectivity index (χ1n) is 2.38. The second kappa shape index (κ2) is 3.63. The predicted octanol–water partition coefficient (Wildman–Crippen LogP) is 0.495. The SMILES string of the molecule is C[C@H](CN)CC#N. The Morgan fingerprint density at radius 1 is 1.86 bits per heavy atom. The highest BCUT2D eigenvalue weighted by Crippen LogP contribution is 1.94. The van der Waals surface area contributed by atoms with E-state index >= 15 is 0 Å². The van der Waals surface area contributed by atoms with E-state index in [9.17, 15) is 0 Å². The lowest BCUT2D eigenvalue weighted by molar-refractivity contribution is 0.612. The largest absolute Gasteiger partial charge is 0.330 e. The zero-order chi connectivity index (χ0) is 5.70. The number of hydrogen-bond donors (Lipinski definition) is 1. The fourth-order valence-corrected chi connectivity index (χ4v) is 0.239. The van der Waals surface area contributed by atoms with E-state index in [0.717, 1.165) is 0 Å². The summed E-state index contributed by atoms with van der Waals surface area (Å²) in [5.41, 5.74) is 5.21. The molecule has 0 aliphatic rings. The van der Waals surface area contributed by atoms with Gasteiger partial charge in [0.15, 0.2) is 0 Å². The van der Waals surface area contributed by atoms with Gasteiger partial charge in [-0.15, -0.1) is 0 Å². The van der Waals surface area contributed by atoms with E-state index in [4.69, 9.17) is 11.0 Å². The van der Waals surface area contributed by atoms with Crippen LogP contribution in [-0.4, -0.2) is 6.54 Å². The number of hydrogen-bond acceptors (Lipinski definition) is 2. The molecule has 0 aliphatic heterocycles. The summed E-state index contributed by atoms with van der Waals surface area (Å²) in [6.45, 7) is 2.58. The van der Waals surface area contributed by atoms with Gasteiger partial charge >= 0.3 is 0 Å². The molecule has 0 radical (unpaired) electrons. The summed E-state index contributed by atoms with van der Waals surface area (Å²) in [7, 11) is 0. The molecule has 2 heteroatoms. The Bertz CT molecular complexity index is 72.6. The molecule has 0 saturated heterocycles. The highest BCUT2D eigenvalue weighted by molar-refractivity contribution is 4.72. The molecule has 40 valence electrons. The number of nitrogens with two attached hydrogens (primary N) is 1. The van der Waals surface area contributed by atoms with Crippen LogP contribution in [0.2, 0.25) is 0 Å². The Morgan fingerprint density at radius 3 is 2.57 bits per heavy atom. The van der Waals surface area contributed by atoms with Crippen LogP contribution in [0.15, 0.2) is 0 Å². The van der Waals surface area contributed by atoms with E-state index < -0.39 is 0 Å². The van der Waals surface area contributed by atoms with Crippen LogP contribution in [0.25, 0.3) is 0 Å². The van der Waals surface area contributed by atoms with Crippen LogP contribution in [0.3, 0.4) is 0 Å². The standard InChI is InChI=1S/C5H10N2/c1-5(4-7)2-3-6/h5H,2,4,7H2,1H3/t5-/m0/s1. The Kier molecular flexibility index (Phi) is 3.35. The molecule has 0 spiro atoms. The van der Waals surface area contributed by atoms with Gasteiger partial charge in [-0.05, 0) is 12.5 Å². The zero-order valence-corrected chi connectivity index (χ0v) is 4.52. The summed E-state index contributed by atoms with van der Waals surface area (Å²) in [6, 6.07) is 2.04. The fraction of sp³-hybridized carbons (Fsp3) is 0.800. The fourth-order valence-electron chi connectivity index (χ4n) is 0.239. The highest BCUT2D eigenvalue weighted by atomic mass is 14.5. The van der Waals surface area contributed by atoms with Crippen molar-refractivity contribution in [2.24, 2.45) is 11.7 Å². The molecular weight excluding hydrogens is 88.1 g/mol. The number of nitrogens with zero attached hydrogens (tertiary/aromatic N) is 1. The summed E-state index contributed by atoms with van der Waals surface area (Å²) >= 11 is 0. The lowest BCUT2D eigenvalue weighted by Crippen LogP contribution is -2.09. The van der Waals surface area contributed by atoms with Gasteiger partial charge in [-0.25, -0.2) is 0 Å². The first-order chi connectivity index (χ1) is 3.31. The van der Waals surface area contributed by atoms with E-state index in [0.29, 0.717) is 18.9 Å². The van der Waals surface area contributed by atoms with Crippen LogP contribution in [0.5, 0.6) is 0 Å². The van der Waals surface area contributed by atoms with Gasteiger partial charge in [0.2, 0.25) is 0 Å². The first kappa shape index (κ1) is 6.45. The smallest absolute Gasteiger partial charge is 0.0625 e. The number of nitriles is 1. The third kappa shape index (κ3) is 3.28. The minimum absolute atomic E-state index is 0.366. The van der Waals surface area contributed by atoms with Crippen molar-refractivity contribution in [1.29, 1.82) is 5.26 Å². The molecule has 0 fully saturated rings. The van der Waals surface area contributed by atoms with Crippen LogP contribution in [-0.2, 0) is 0 Å². The van der Waals surface area contributed by atoms with Crippen LogP contribution in [0.1, 0.15) is 13.3 Å². The molecule has 1 atom stereocenters. The zero-order valence-electron chi connectivity index (χ0n) is 4.52. The maximum absolute atomic E-state index is 8.06. The average molecular weight is 98.1 g/mol. The quantitative estimate of drug-likeness (QED) is 0.546. The average Bonchev–Trinajstić information content (AvgIpc) is 1.68. The second-order valence-corrected chi connectivity index (χ2v) is 1.70. The van der Waals surface area contributed by atoms with Crippen LogP contribution < -0.4 is 5.73 Å². The molecule has 0 rings (SSSR count). The molecule has 0 aromatic carbocycles. The normalized spacial score (nSPS) is 12.7. The molecule has 0 heterocycles. The Morgan fingerprint density at radius 2 is 2.43 bits per heavy atom. The second-order valence-electron chi connectivity index (χ2n) is 1.70. The topological polar surface area (TPSA) is 49.8 Å². The molecule has 0 aromatic heterocycles. The van der Waals surface area contributed by atoms with E-state index in [1.165, 1.54) is 0 Å². The van der Waals surface area contributed by atoms with Crippen LogP contribution in [0, 0.1) is 17.2 Å². The number of rotatable bonds is 2. The van der Waals surface area contributed by atoms with Gasteiger partial charge < -0.3 is 5.73 Å². The monoisotopic (exact) mass is 98.1 g/mol. The van der Waals surface area contributed by atoms with Gasteiger partial charge in [-0.1, -0.05) is 6.92 Å². The van der Waals surface area contributed by atoms with Crippen molar-refractivity contribution < 1.29 is 0 Å². The van der Waals surface area contributed by atoms with Crippen molar-refractivity contribution in [3.63, 3.8) is 0 Å². The van der Waals surface area contributed by atoms with E-state index in [-0.39, 0.29) is 0 Å². The van der Waals surface area contributed by atoms with Crippen molar-refractivity contribution in [1.82, 2.24) is 0 Å². The minimum Gasteiger partial charge on any atom is -0.330 e. The van der Waals surface area contributed by atoms with Gasteiger partial charge in [0.05, 0.1) is 6.07 Å². The van der Waals surface area contributed by atoms with Gasteiger partial charge in [-0.2, -0.15) is 5.26 Å². The van der Waals surface area contributed by atoms with Crippen molar-refractivity contribution in [2.45, 2.75) is 13.3 Å². The Balaban J connectivity index is 3.03. The summed E-state index contributed by atoms with van der Waals surface area (Å²) in [5, 5.41) is 8.06. The maximum atomic E-state index is 8.06. The van der Waals surface area contributed by atoms with Gasteiger partial charge in [0.1, 0.15) is 0 Å². The van der Waals surface area contributed by atoms with E-state index in [1.807, 2.05) is 13.0 Å². The third-order valence-electron chi connectivity index (χ3n) is 0.842. The Labute approximate surface area is 43.9 Å². The van der Waals surface area contributed by atoms with Gasteiger partial charge in [0, 0.05) is 6.42 Å². The molecular formula is C5H10N2. The molecule has 0 unspecified atom stereocenters. The highest BCUT2D eigenvalue weighted by Gasteiger charge is 1.93. The summed E-state index contributed by atoms with van der Waals surface area (Å²) < 4.78 is 0. The predicted molar refractivity (Wildman–Crippen MR) is 28.4 cm³/mol. The lowest BCUT2D eigenvalue weighted by Gasteiger charge is -1.97. The summed E-state index contributed by atoms with van der Waals surface area (Å²) in [6.07, 6.45) is 0.580. The van der Waals surface area contributed by atoms with E-state index in [1.54, 1.807) is 0 Å². The van der Waals surface area contributed by atoms with Gasteiger partial charge in [0.25, 0.3) is 0 Å². The van der Waals surface area contributed by atoms with Crippen molar-refractivity contribution in [3.8, 4) is 6.07 Å². The molecule has 0 saturated carbocycles. The van der Waals surface area contributed by atoms with Gasteiger partial charge in [-0.3, -0.25) is 0 Å². The Hall–Kier alpha value is -0.550. The molecule has 0 aromatic rings. The van der Waals surface area contributed by atoms with Crippen LogP contribution >= 0.6 is 0 Å². The molecule has 7 heavy (non-hydrogen) atoms. The lowest BCUT2D eigenvalue weighted by atomic mass is 10.1. The van der Waals surface area contributed by atoms with Crippen LogP contribution in [0.4, 0.5) is 0 Å². The summed E-state index contributed by atoms with van der Waals surface area (Å²) in [4.78, 5) is 0. The molecule has 0 bridgehead atoms. The maximum Gasteiger partial charge on any atom is 0.0625 e. The third-order valence-corrected chi connectivity index (χ3v) is 0.842. The molecule has 0 aliphatic carbocycles. The minimum atomic E-state index is 0.366. The molecule has 2 N–H and O–H groups in total. The first-order valence-corrected chi connectivity index (χ1v) is 2.38. The van der Waals surface area contributed by atoms with Crippen molar-refractivity contribution in [2.75, 3.05) is 6.54 Å². The van der Waals surface area contributed by atoms with Crippen molar-refractivity contribution >= 4 is 0 Å².